The Morgan fingerprint density at radius 1 is 1.10 bits per heavy atom. The van der Waals surface area contributed by atoms with E-state index in [2.05, 4.69) is 34.4 Å². The molecular weight excluding hydrogens is 256 g/mol. The smallest absolute Gasteiger partial charge is 0.246 e. The maximum atomic E-state index is 10.9. The Labute approximate surface area is 122 Å². The van der Waals surface area contributed by atoms with Crippen LogP contribution in [0.5, 0.6) is 0 Å². The second-order valence-corrected chi connectivity index (χ2v) is 3.99. The lowest BCUT2D eigenvalue weighted by Gasteiger charge is -2.03. The normalized spacial score (nSPS) is 8.95. The zero-order valence-electron chi connectivity index (χ0n) is 12.8. The lowest BCUT2D eigenvalue weighted by molar-refractivity contribution is -0.117. The molecule has 0 atom stereocenters. The highest BCUT2D eigenvalue weighted by atomic mass is 16.2. The van der Waals surface area contributed by atoms with E-state index < -0.39 is 0 Å². The van der Waals surface area contributed by atoms with Crippen LogP contribution >= 0.6 is 0 Å². The van der Waals surface area contributed by atoms with Gasteiger partial charge in [-0.25, -0.2) is 0 Å². The van der Waals surface area contributed by atoms with Crippen LogP contribution in [0.3, 0.4) is 0 Å². The summed E-state index contributed by atoms with van der Waals surface area (Å²) in [5.41, 5.74) is 0.557. The summed E-state index contributed by atoms with van der Waals surface area (Å²) in [4.78, 5) is 21.3. The molecule has 0 spiro atoms. The van der Waals surface area contributed by atoms with Crippen molar-refractivity contribution >= 4 is 11.8 Å². The Morgan fingerprint density at radius 2 is 1.70 bits per heavy atom. The summed E-state index contributed by atoms with van der Waals surface area (Å²) < 4.78 is 0. The summed E-state index contributed by atoms with van der Waals surface area (Å²) >= 11 is 0. The van der Waals surface area contributed by atoms with Crippen molar-refractivity contribution in [1.29, 1.82) is 0 Å². The first-order chi connectivity index (χ1) is 9.49. The van der Waals surface area contributed by atoms with Crippen molar-refractivity contribution in [2.45, 2.75) is 13.8 Å². The lowest BCUT2D eigenvalue weighted by atomic mass is 10.3. The molecule has 2 amide bonds. The average molecular weight is 284 g/mol. The molecule has 0 radical (unpaired) electrons. The molecule has 6 heteroatoms. The molecule has 0 rings (SSSR count). The fourth-order valence-electron chi connectivity index (χ4n) is 0.975. The van der Waals surface area contributed by atoms with Crippen LogP contribution in [0.15, 0.2) is 24.8 Å². The van der Waals surface area contributed by atoms with E-state index in [9.17, 15) is 9.59 Å². The quantitative estimate of drug-likeness (QED) is 0.349. The molecule has 0 aromatic carbocycles. The molecule has 20 heavy (non-hydrogen) atoms. The van der Waals surface area contributed by atoms with Crippen LogP contribution < -0.4 is 21.3 Å². The predicted octanol–water partition coefficient (Wildman–Crippen LogP) is -0.204. The number of hydrogen-bond acceptors (Lipinski definition) is 4. The highest BCUT2D eigenvalue weighted by Crippen LogP contribution is 1.83. The van der Waals surface area contributed by atoms with Crippen LogP contribution in [0.25, 0.3) is 0 Å². The van der Waals surface area contributed by atoms with E-state index in [-0.39, 0.29) is 11.8 Å². The molecule has 0 aliphatic heterocycles. The van der Waals surface area contributed by atoms with Crippen molar-refractivity contribution in [2.75, 3.05) is 39.8 Å². The van der Waals surface area contributed by atoms with E-state index in [1.807, 2.05) is 14.0 Å². The summed E-state index contributed by atoms with van der Waals surface area (Å²) in [6, 6.07) is 0. The lowest BCUT2D eigenvalue weighted by Crippen LogP contribution is -2.31. The minimum absolute atomic E-state index is 0.0668. The number of nitrogens with one attached hydrogen (secondary N) is 4. The molecule has 0 heterocycles. The molecule has 116 valence electrons. The SMILES string of the molecule is C=C(C)C(=O)NCCNCC.C=CC(=O)NCCNC. The van der Waals surface area contributed by atoms with E-state index in [0.29, 0.717) is 18.7 Å². The number of carbonyl (C=O) groups excluding carboxylic acids is 2. The number of hydrogen-bond donors (Lipinski definition) is 4. The second kappa shape index (κ2) is 15.4. The van der Waals surface area contributed by atoms with Gasteiger partial charge in [0.1, 0.15) is 0 Å². The van der Waals surface area contributed by atoms with E-state index in [4.69, 9.17) is 0 Å². The van der Waals surface area contributed by atoms with Crippen LogP contribution in [0, 0.1) is 0 Å². The van der Waals surface area contributed by atoms with Crippen LogP contribution in [-0.4, -0.2) is 51.6 Å². The van der Waals surface area contributed by atoms with Gasteiger partial charge in [0.25, 0.3) is 0 Å². The molecule has 0 fully saturated rings. The maximum Gasteiger partial charge on any atom is 0.246 e. The first kappa shape index (κ1) is 20.7. The Kier molecular flexibility index (Phi) is 15.9. The average Bonchev–Trinajstić information content (AvgIpc) is 2.44. The van der Waals surface area contributed by atoms with Gasteiger partial charge in [0.05, 0.1) is 0 Å². The fraction of sp³-hybridized carbons (Fsp3) is 0.571. The van der Waals surface area contributed by atoms with Crippen LogP contribution in [0.4, 0.5) is 0 Å². The van der Waals surface area contributed by atoms with E-state index >= 15 is 0 Å². The maximum absolute atomic E-state index is 10.9. The summed E-state index contributed by atoms with van der Waals surface area (Å²) in [5, 5.41) is 11.3. The Balaban J connectivity index is 0. The van der Waals surface area contributed by atoms with Crippen molar-refractivity contribution in [3.05, 3.63) is 24.8 Å². The number of rotatable bonds is 9. The Hall–Kier alpha value is -1.66. The van der Waals surface area contributed by atoms with Gasteiger partial charge in [0.2, 0.25) is 11.8 Å². The van der Waals surface area contributed by atoms with Gasteiger partial charge < -0.3 is 21.3 Å². The zero-order chi connectivity index (χ0) is 15.8. The van der Waals surface area contributed by atoms with E-state index in [0.717, 1.165) is 19.6 Å². The van der Waals surface area contributed by atoms with E-state index in [1.54, 1.807) is 6.92 Å². The summed E-state index contributed by atoms with van der Waals surface area (Å²) in [7, 11) is 1.83. The first-order valence-corrected chi connectivity index (χ1v) is 6.68. The predicted molar refractivity (Wildman–Crippen MR) is 83.5 cm³/mol. The van der Waals surface area contributed by atoms with Crippen LogP contribution in [0.2, 0.25) is 0 Å². The highest BCUT2D eigenvalue weighted by Gasteiger charge is 1.97. The molecule has 0 aromatic rings. The topological polar surface area (TPSA) is 82.3 Å². The number of amides is 2. The minimum atomic E-state index is -0.120. The largest absolute Gasteiger partial charge is 0.351 e. The second-order valence-electron chi connectivity index (χ2n) is 3.99. The summed E-state index contributed by atoms with van der Waals surface area (Å²) in [5.74, 6) is -0.187. The zero-order valence-corrected chi connectivity index (χ0v) is 12.8. The van der Waals surface area contributed by atoms with Gasteiger partial charge in [-0.1, -0.05) is 20.1 Å². The molecular formula is C14H28N4O2. The van der Waals surface area contributed by atoms with Gasteiger partial charge in [0, 0.05) is 31.8 Å². The number of likely N-dealkylation sites (N-methyl/N-ethyl adjacent to an activating group) is 2. The molecule has 0 saturated heterocycles. The van der Waals surface area contributed by atoms with Crippen molar-refractivity contribution in [2.24, 2.45) is 0 Å². The fourth-order valence-corrected chi connectivity index (χ4v) is 0.975. The summed E-state index contributed by atoms with van der Waals surface area (Å²) in [6.45, 7) is 14.4. The number of carbonyl (C=O) groups is 2. The standard InChI is InChI=1S/C8H16N2O.C6H12N2O/c1-4-9-5-6-10-8(11)7(2)3;1-3-6(9)8-5-4-7-2/h9H,2,4-6H2,1,3H3,(H,10,11);3,7H,1,4-5H2,2H3,(H,8,9). The molecule has 4 N–H and O–H groups in total. The molecule has 0 unspecified atom stereocenters. The van der Waals surface area contributed by atoms with Crippen molar-refractivity contribution in [1.82, 2.24) is 21.3 Å². The van der Waals surface area contributed by atoms with Crippen LogP contribution in [-0.2, 0) is 9.59 Å². The Bertz CT molecular complexity index is 304. The van der Waals surface area contributed by atoms with Gasteiger partial charge >= 0.3 is 0 Å². The van der Waals surface area contributed by atoms with Crippen molar-refractivity contribution < 1.29 is 9.59 Å². The molecule has 6 nitrogen and oxygen atoms in total. The van der Waals surface area contributed by atoms with Gasteiger partial charge in [-0.2, -0.15) is 0 Å². The third-order valence-electron chi connectivity index (χ3n) is 2.08. The van der Waals surface area contributed by atoms with Gasteiger partial charge in [0.15, 0.2) is 0 Å². The highest BCUT2D eigenvalue weighted by molar-refractivity contribution is 5.92. The first-order valence-electron chi connectivity index (χ1n) is 6.68. The van der Waals surface area contributed by atoms with Gasteiger partial charge in [-0.3, -0.25) is 9.59 Å². The molecule has 0 aliphatic rings. The summed E-state index contributed by atoms with van der Waals surface area (Å²) in [6.07, 6.45) is 1.26. The van der Waals surface area contributed by atoms with Crippen LogP contribution in [0.1, 0.15) is 13.8 Å². The molecule has 0 bridgehead atoms. The third kappa shape index (κ3) is 16.3. The molecule has 0 aliphatic carbocycles. The molecule has 0 aromatic heterocycles. The van der Waals surface area contributed by atoms with Crippen molar-refractivity contribution in [3.63, 3.8) is 0 Å². The molecule has 0 saturated carbocycles. The van der Waals surface area contributed by atoms with Gasteiger partial charge in [-0.05, 0) is 26.6 Å². The minimum Gasteiger partial charge on any atom is -0.351 e. The van der Waals surface area contributed by atoms with Gasteiger partial charge in [-0.15, -0.1) is 0 Å². The monoisotopic (exact) mass is 284 g/mol. The third-order valence-corrected chi connectivity index (χ3v) is 2.08. The Morgan fingerprint density at radius 3 is 2.15 bits per heavy atom. The van der Waals surface area contributed by atoms with E-state index in [1.165, 1.54) is 6.08 Å². The van der Waals surface area contributed by atoms with Crippen molar-refractivity contribution in [3.8, 4) is 0 Å².